The number of likely N-dealkylation sites (N-methyl/N-ethyl adjacent to an activating group) is 1. The number of guanidine groups is 1. The zero-order chi connectivity index (χ0) is 45.0. The Morgan fingerprint density at radius 1 is 0.746 bits per heavy atom. The van der Waals surface area contributed by atoms with E-state index in [1.807, 2.05) is 20.8 Å². The molecule has 0 aromatic heterocycles. The molecule has 0 bridgehead atoms. The topological polar surface area (TPSA) is 309 Å². The molecular formula is C39H71N11O9. The van der Waals surface area contributed by atoms with Crippen LogP contribution in [0.5, 0.6) is 0 Å². The van der Waals surface area contributed by atoms with E-state index in [9.17, 15) is 43.5 Å². The minimum Gasteiger partial charge on any atom is -0.391 e. The lowest BCUT2D eigenvalue weighted by molar-refractivity contribution is -0.142. The summed E-state index contributed by atoms with van der Waals surface area (Å²) in [5.74, 6) is -5.44. The second-order valence-corrected chi connectivity index (χ2v) is 15.7. The molecule has 8 amide bonds. The number of aliphatic imine (C=N–C) groups is 1. The fourth-order valence-corrected chi connectivity index (χ4v) is 6.62. The van der Waals surface area contributed by atoms with E-state index in [2.05, 4.69) is 42.2 Å². The minimum absolute atomic E-state index is 0.0724. The standard InChI is InChI=1S/C39H71N11O9/c1-10-15-26(45-37(58)31(24(8)51)49-34(55)28(20-21(4)5)47-32(53)23(7)44-25(9)52)33(54)48-30(22(6)11-2)36(57)46-27(16-13-18-43-39(40)41)38(59)50-19-14-17-29(50)35(56)42-12-3/h21-24,26-31,51H,10-20H2,1-9H3,(H,42,56)(H,44,52)(H,45,58)(H,46,57)(H,47,53)(H,48,54)(H,49,55)(H4,40,41,43)/t22-,23-,24+,26-,27-,28+,29-,30-,31-/m0/s1. The predicted octanol–water partition coefficient (Wildman–Crippen LogP) is -1.61. The van der Waals surface area contributed by atoms with Gasteiger partial charge in [-0.15, -0.1) is 0 Å². The average Bonchev–Trinajstić information content (AvgIpc) is 3.65. The molecule has 0 aliphatic carbocycles. The number of carbonyl (C=O) groups is 8. The first-order valence-electron chi connectivity index (χ1n) is 20.8. The van der Waals surface area contributed by atoms with Crippen molar-refractivity contribution in [3.63, 3.8) is 0 Å². The summed E-state index contributed by atoms with van der Waals surface area (Å²) in [5.41, 5.74) is 10.9. The van der Waals surface area contributed by atoms with Gasteiger partial charge in [-0.05, 0) is 71.1 Å². The number of aliphatic hydroxyl groups is 1. The highest BCUT2D eigenvalue weighted by Gasteiger charge is 2.39. The number of carbonyl (C=O) groups excluding carboxylic acids is 8. The van der Waals surface area contributed by atoms with E-state index in [1.165, 1.54) is 25.7 Å². The summed E-state index contributed by atoms with van der Waals surface area (Å²) in [6.45, 7) is 15.7. The number of nitrogens with zero attached hydrogens (tertiary/aromatic N) is 2. The number of nitrogens with one attached hydrogen (secondary N) is 7. The Kier molecular flexibility index (Phi) is 23.1. The summed E-state index contributed by atoms with van der Waals surface area (Å²) in [6, 6.07) is -7.73. The van der Waals surface area contributed by atoms with Crippen molar-refractivity contribution in [2.45, 2.75) is 162 Å². The molecule has 59 heavy (non-hydrogen) atoms. The van der Waals surface area contributed by atoms with Gasteiger partial charge >= 0.3 is 0 Å². The van der Waals surface area contributed by atoms with Gasteiger partial charge in [-0.3, -0.25) is 43.3 Å². The third-order valence-electron chi connectivity index (χ3n) is 9.97. The maximum atomic E-state index is 14.0. The van der Waals surface area contributed by atoms with Crippen LogP contribution in [0.2, 0.25) is 0 Å². The molecule has 20 heteroatoms. The van der Waals surface area contributed by atoms with Crippen LogP contribution in [0, 0.1) is 11.8 Å². The van der Waals surface area contributed by atoms with E-state index in [0.29, 0.717) is 45.2 Å². The summed E-state index contributed by atoms with van der Waals surface area (Å²) in [7, 11) is 0. The SMILES string of the molecule is CCC[C@H](NC(=O)[C@@H](NC(=O)[C@@H](CC(C)C)NC(=O)[C@H](C)NC(C)=O)[C@@H](C)O)C(=O)N[C@H](C(=O)N[C@@H](CCCN=C(N)N)C(=O)N1CCC[C@H]1C(=O)NCC)[C@@H](C)CC. The van der Waals surface area contributed by atoms with Crippen molar-refractivity contribution < 1.29 is 43.5 Å². The van der Waals surface area contributed by atoms with Crippen LogP contribution in [-0.4, -0.2) is 131 Å². The maximum absolute atomic E-state index is 14.0. The number of aliphatic hydroxyl groups excluding tert-OH is 1. The molecule has 9 atom stereocenters. The van der Waals surface area contributed by atoms with E-state index in [4.69, 9.17) is 11.5 Å². The number of hydrogen-bond donors (Lipinski definition) is 10. The lowest BCUT2D eigenvalue weighted by Gasteiger charge is -2.31. The van der Waals surface area contributed by atoms with Crippen LogP contribution in [0.4, 0.5) is 0 Å². The molecule has 12 N–H and O–H groups in total. The smallest absolute Gasteiger partial charge is 0.245 e. The van der Waals surface area contributed by atoms with Gasteiger partial charge in [0.1, 0.15) is 42.3 Å². The first-order valence-corrected chi connectivity index (χ1v) is 20.8. The molecule has 0 aromatic carbocycles. The molecule has 0 radical (unpaired) electrons. The van der Waals surface area contributed by atoms with Crippen LogP contribution >= 0.6 is 0 Å². The van der Waals surface area contributed by atoms with Gasteiger partial charge in [0, 0.05) is 26.6 Å². The Hall–Kier alpha value is -5.01. The number of likely N-dealkylation sites (tertiary alicyclic amines) is 1. The van der Waals surface area contributed by atoms with Crippen molar-refractivity contribution in [1.82, 2.24) is 42.1 Å². The first-order chi connectivity index (χ1) is 27.7. The van der Waals surface area contributed by atoms with E-state index >= 15 is 0 Å². The quantitative estimate of drug-likeness (QED) is 0.0283. The van der Waals surface area contributed by atoms with Gasteiger partial charge in [0.25, 0.3) is 0 Å². The molecule has 1 heterocycles. The van der Waals surface area contributed by atoms with E-state index in [-0.39, 0.29) is 43.6 Å². The molecule has 0 spiro atoms. The highest BCUT2D eigenvalue weighted by Crippen LogP contribution is 2.20. The van der Waals surface area contributed by atoms with Gasteiger partial charge in [-0.25, -0.2) is 0 Å². The van der Waals surface area contributed by atoms with Crippen LogP contribution in [-0.2, 0) is 38.4 Å². The van der Waals surface area contributed by atoms with Crippen molar-refractivity contribution >= 4 is 53.2 Å². The fourth-order valence-electron chi connectivity index (χ4n) is 6.62. The van der Waals surface area contributed by atoms with Crippen LogP contribution in [0.15, 0.2) is 4.99 Å². The van der Waals surface area contributed by atoms with Gasteiger partial charge in [0.2, 0.25) is 47.3 Å². The first kappa shape index (κ1) is 52.0. The molecule has 1 fully saturated rings. The van der Waals surface area contributed by atoms with Crippen molar-refractivity contribution in [2.24, 2.45) is 28.3 Å². The second kappa shape index (κ2) is 26.2. The Bertz CT molecular complexity index is 1470. The van der Waals surface area contributed by atoms with E-state index in [1.54, 1.807) is 20.8 Å². The van der Waals surface area contributed by atoms with Crippen LogP contribution in [0.3, 0.4) is 0 Å². The molecule has 20 nitrogen and oxygen atoms in total. The monoisotopic (exact) mass is 838 g/mol. The molecule has 0 unspecified atom stereocenters. The molecule has 1 saturated heterocycles. The molecule has 1 rings (SSSR count). The van der Waals surface area contributed by atoms with E-state index in [0.717, 1.165) is 0 Å². The molecule has 1 aliphatic heterocycles. The lowest BCUT2D eigenvalue weighted by Crippen LogP contribution is -2.62. The van der Waals surface area contributed by atoms with Gasteiger partial charge in [-0.1, -0.05) is 47.5 Å². The highest BCUT2D eigenvalue weighted by atomic mass is 16.3. The summed E-state index contributed by atoms with van der Waals surface area (Å²) < 4.78 is 0. The molecule has 0 saturated carbocycles. The summed E-state index contributed by atoms with van der Waals surface area (Å²) >= 11 is 0. The van der Waals surface area contributed by atoms with Gasteiger partial charge in [-0.2, -0.15) is 0 Å². The Morgan fingerprint density at radius 2 is 1.32 bits per heavy atom. The molecular weight excluding hydrogens is 766 g/mol. The highest BCUT2D eigenvalue weighted by molar-refractivity contribution is 5.98. The number of rotatable bonds is 25. The van der Waals surface area contributed by atoms with Gasteiger partial charge in [0.05, 0.1) is 6.10 Å². The summed E-state index contributed by atoms with van der Waals surface area (Å²) in [4.78, 5) is 112. The Morgan fingerprint density at radius 3 is 1.86 bits per heavy atom. The van der Waals surface area contributed by atoms with Gasteiger partial charge < -0.3 is 58.7 Å². The third-order valence-corrected chi connectivity index (χ3v) is 9.97. The fraction of sp³-hybridized carbons (Fsp3) is 0.769. The summed E-state index contributed by atoms with van der Waals surface area (Å²) in [5, 5.41) is 29.1. The minimum atomic E-state index is -1.54. The largest absolute Gasteiger partial charge is 0.391 e. The van der Waals surface area contributed by atoms with Crippen LogP contribution < -0.4 is 48.7 Å². The van der Waals surface area contributed by atoms with Crippen molar-refractivity contribution in [2.75, 3.05) is 19.6 Å². The van der Waals surface area contributed by atoms with Crippen LogP contribution in [0.25, 0.3) is 0 Å². The lowest BCUT2D eigenvalue weighted by atomic mass is 9.96. The third kappa shape index (κ3) is 17.8. The van der Waals surface area contributed by atoms with Gasteiger partial charge in [0.15, 0.2) is 5.96 Å². The van der Waals surface area contributed by atoms with Crippen molar-refractivity contribution in [3.8, 4) is 0 Å². The molecule has 0 aromatic rings. The number of amides is 8. The van der Waals surface area contributed by atoms with Crippen molar-refractivity contribution in [1.29, 1.82) is 0 Å². The average molecular weight is 838 g/mol. The normalized spacial score (nSPS) is 17.7. The van der Waals surface area contributed by atoms with Crippen molar-refractivity contribution in [3.05, 3.63) is 0 Å². The number of nitrogens with two attached hydrogens (primary N) is 2. The molecule has 1 aliphatic rings. The molecule has 336 valence electrons. The predicted molar refractivity (Wildman–Crippen MR) is 222 cm³/mol. The number of hydrogen-bond acceptors (Lipinski definition) is 10. The van der Waals surface area contributed by atoms with E-state index < -0.39 is 95.7 Å². The zero-order valence-electron chi connectivity index (χ0n) is 36.3. The van der Waals surface area contributed by atoms with Crippen LogP contribution in [0.1, 0.15) is 114 Å². The zero-order valence-corrected chi connectivity index (χ0v) is 36.3. The summed E-state index contributed by atoms with van der Waals surface area (Å²) in [6.07, 6.45) is 1.28. The Labute approximate surface area is 348 Å². The second-order valence-electron chi connectivity index (χ2n) is 15.7. The Balaban J connectivity index is 3.30. The maximum Gasteiger partial charge on any atom is 0.245 e.